The molecule has 1 fully saturated rings. The number of amides is 2. The maximum Gasteiger partial charge on any atom is 0.235 e. The molecule has 5 rings (SSSR count). The van der Waals surface area contributed by atoms with Gasteiger partial charge < -0.3 is 25.2 Å². The van der Waals surface area contributed by atoms with Crippen LogP contribution in [-0.4, -0.2) is 34.9 Å². The molecule has 1 aliphatic carbocycles. The first kappa shape index (κ1) is 36.8. The maximum absolute atomic E-state index is 14.4. The van der Waals surface area contributed by atoms with Gasteiger partial charge in [-0.1, -0.05) is 80.1 Å². The highest BCUT2D eigenvalue weighted by molar-refractivity contribution is 9.10. The van der Waals surface area contributed by atoms with Crippen LogP contribution in [0, 0.1) is 18.8 Å². The first-order chi connectivity index (χ1) is 24.0. The predicted octanol–water partition coefficient (Wildman–Crippen LogP) is 8.18. The van der Waals surface area contributed by atoms with Gasteiger partial charge in [-0.15, -0.1) is 0 Å². The summed E-state index contributed by atoms with van der Waals surface area (Å²) in [7, 11) is 0. The number of halogens is 1. The average molecular weight is 742 g/mol. The van der Waals surface area contributed by atoms with E-state index >= 15 is 0 Å². The van der Waals surface area contributed by atoms with Crippen molar-refractivity contribution in [3.05, 3.63) is 117 Å². The van der Waals surface area contributed by atoms with Gasteiger partial charge in [0.15, 0.2) is 11.5 Å². The van der Waals surface area contributed by atoms with Crippen molar-refractivity contribution in [2.45, 2.75) is 72.0 Å². The third-order valence-corrected chi connectivity index (χ3v) is 9.95. The predicted molar refractivity (Wildman–Crippen MR) is 200 cm³/mol. The van der Waals surface area contributed by atoms with Crippen LogP contribution in [-0.2, 0) is 33.8 Å². The van der Waals surface area contributed by atoms with Gasteiger partial charge >= 0.3 is 0 Å². The Labute approximate surface area is 302 Å². The lowest BCUT2D eigenvalue weighted by atomic mass is 9.61. The molecule has 4 unspecified atom stereocenters. The molecule has 262 valence electrons. The average Bonchev–Trinajstić information content (AvgIpc) is 3.08. The van der Waals surface area contributed by atoms with Crippen molar-refractivity contribution in [1.82, 2.24) is 0 Å². The summed E-state index contributed by atoms with van der Waals surface area (Å²) in [5.41, 5.74) is 3.85. The molecule has 3 N–H and O–H groups in total. The van der Waals surface area contributed by atoms with Gasteiger partial charge in [0.25, 0.3) is 0 Å². The van der Waals surface area contributed by atoms with Crippen LogP contribution in [0.15, 0.2) is 89.4 Å². The van der Waals surface area contributed by atoms with Crippen LogP contribution >= 0.6 is 15.9 Å². The topological polar surface area (TPSA) is 114 Å². The fourth-order valence-corrected chi connectivity index (χ4v) is 7.41. The number of aliphatic hydroxyl groups is 1. The SMILES string of the molecule is CCOc1cc(C2C(C(=O)Nc3ccccc3CC)C(=O)CC(C)(O)C2C(=O)Nc2ccccc2CC)cc(Br)c1OCc1ccc(C)cc1. The van der Waals surface area contributed by atoms with Gasteiger partial charge in [-0.05, 0) is 96.1 Å². The summed E-state index contributed by atoms with van der Waals surface area (Å²) >= 11 is 3.67. The van der Waals surface area contributed by atoms with Gasteiger partial charge in [0.2, 0.25) is 11.8 Å². The Morgan fingerprint density at radius 2 is 1.44 bits per heavy atom. The molecule has 0 aromatic heterocycles. The molecule has 0 saturated heterocycles. The number of carbonyl (C=O) groups excluding carboxylic acids is 3. The van der Waals surface area contributed by atoms with E-state index in [1.807, 2.05) is 94.4 Å². The van der Waals surface area contributed by atoms with Gasteiger partial charge in [-0.3, -0.25) is 14.4 Å². The standard InChI is InChI=1S/C41H45BrN2O6/c1-6-27-13-9-11-15-31(27)43-39(46)36-33(45)23-41(5,48)37(40(47)44-32-16-12-10-14-28(32)7-2)35(36)29-21-30(42)38(34(22-29)49-8-3)50-24-26-19-17-25(4)18-20-26/h9-22,35-37,48H,6-8,23-24H2,1-5H3,(H,43,46)(H,44,47). The van der Waals surface area contributed by atoms with Gasteiger partial charge in [-0.25, -0.2) is 0 Å². The minimum Gasteiger partial charge on any atom is -0.490 e. The van der Waals surface area contributed by atoms with Crippen LogP contribution in [0.2, 0.25) is 0 Å². The number of rotatable bonds is 12. The molecular weight excluding hydrogens is 696 g/mol. The van der Waals surface area contributed by atoms with Gasteiger partial charge in [0.1, 0.15) is 18.3 Å². The number of nitrogens with one attached hydrogen (secondary N) is 2. The van der Waals surface area contributed by atoms with Crippen molar-refractivity contribution in [1.29, 1.82) is 0 Å². The van der Waals surface area contributed by atoms with E-state index < -0.39 is 41.0 Å². The summed E-state index contributed by atoms with van der Waals surface area (Å²) < 4.78 is 12.9. The number of aryl methyl sites for hydroxylation is 3. The maximum atomic E-state index is 14.4. The molecule has 1 aliphatic rings. The Morgan fingerprint density at radius 1 is 0.860 bits per heavy atom. The lowest BCUT2D eigenvalue weighted by Crippen LogP contribution is -2.56. The molecule has 0 spiro atoms. The van der Waals surface area contributed by atoms with Crippen molar-refractivity contribution in [3.8, 4) is 11.5 Å². The summed E-state index contributed by atoms with van der Waals surface area (Å²) in [4.78, 5) is 42.8. The van der Waals surface area contributed by atoms with Crippen LogP contribution in [0.3, 0.4) is 0 Å². The monoisotopic (exact) mass is 740 g/mol. The molecule has 0 radical (unpaired) electrons. The number of Topliss-reactive ketones (excluding diaryl/α,β-unsaturated/α-hetero) is 1. The van der Waals surface area contributed by atoms with E-state index in [-0.39, 0.29) is 13.0 Å². The van der Waals surface area contributed by atoms with Crippen LogP contribution in [0.5, 0.6) is 11.5 Å². The minimum absolute atomic E-state index is 0.276. The second-order valence-electron chi connectivity index (χ2n) is 13.0. The largest absolute Gasteiger partial charge is 0.490 e. The first-order valence-electron chi connectivity index (χ1n) is 17.1. The Hall–Kier alpha value is -4.47. The van der Waals surface area contributed by atoms with Gasteiger partial charge in [0.05, 0.1) is 22.6 Å². The van der Waals surface area contributed by atoms with Crippen molar-refractivity contribution in [2.24, 2.45) is 11.8 Å². The van der Waals surface area contributed by atoms with Crippen LogP contribution < -0.4 is 20.1 Å². The fourth-order valence-electron chi connectivity index (χ4n) is 6.84. The zero-order chi connectivity index (χ0) is 36.0. The molecule has 0 aliphatic heterocycles. The van der Waals surface area contributed by atoms with E-state index in [4.69, 9.17) is 9.47 Å². The molecular formula is C41H45BrN2O6. The number of benzene rings is 4. The molecule has 50 heavy (non-hydrogen) atoms. The Bertz CT molecular complexity index is 1850. The van der Waals surface area contributed by atoms with E-state index in [9.17, 15) is 19.5 Å². The smallest absolute Gasteiger partial charge is 0.235 e. The van der Waals surface area contributed by atoms with Crippen molar-refractivity contribution in [3.63, 3.8) is 0 Å². The van der Waals surface area contributed by atoms with Crippen molar-refractivity contribution >= 4 is 44.9 Å². The third-order valence-electron chi connectivity index (χ3n) is 9.36. The molecule has 0 heterocycles. The van der Waals surface area contributed by atoms with Crippen LogP contribution in [0.1, 0.15) is 67.9 Å². The van der Waals surface area contributed by atoms with E-state index in [2.05, 4.69) is 26.6 Å². The molecule has 1 saturated carbocycles. The highest BCUT2D eigenvalue weighted by Crippen LogP contribution is 2.50. The summed E-state index contributed by atoms with van der Waals surface area (Å²) in [6.45, 7) is 9.93. The molecule has 4 aromatic rings. The summed E-state index contributed by atoms with van der Waals surface area (Å²) in [5, 5.41) is 17.9. The Morgan fingerprint density at radius 3 is 2.02 bits per heavy atom. The quantitative estimate of drug-likeness (QED) is 0.126. The van der Waals surface area contributed by atoms with Crippen molar-refractivity contribution < 1.29 is 29.0 Å². The zero-order valence-corrected chi connectivity index (χ0v) is 30.8. The highest BCUT2D eigenvalue weighted by Gasteiger charge is 2.56. The number of ether oxygens (including phenoxy) is 2. The second-order valence-corrected chi connectivity index (χ2v) is 13.9. The minimum atomic E-state index is -1.77. The molecule has 9 heteroatoms. The Balaban J connectivity index is 1.62. The third kappa shape index (κ3) is 8.11. The number of ketones is 1. The molecule has 2 amide bonds. The first-order valence-corrected chi connectivity index (χ1v) is 17.9. The lowest BCUT2D eigenvalue weighted by Gasteiger charge is -2.44. The van der Waals surface area contributed by atoms with E-state index in [1.165, 1.54) is 6.92 Å². The summed E-state index contributed by atoms with van der Waals surface area (Å²) in [6, 6.07) is 26.4. The summed E-state index contributed by atoms with van der Waals surface area (Å²) in [5.74, 6) is -4.21. The second kappa shape index (κ2) is 16.0. The molecule has 4 aromatic carbocycles. The highest BCUT2D eigenvalue weighted by atomic mass is 79.9. The van der Waals surface area contributed by atoms with Crippen molar-refractivity contribution in [2.75, 3.05) is 17.2 Å². The summed E-state index contributed by atoms with van der Waals surface area (Å²) in [6.07, 6.45) is 0.974. The molecule has 8 nitrogen and oxygen atoms in total. The lowest BCUT2D eigenvalue weighted by molar-refractivity contribution is -0.150. The Kier molecular flexibility index (Phi) is 11.8. The van der Waals surface area contributed by atoms with E-state index in [0.29, 0.717) is 52.4 Å². The number of para-hydroxylation sites is 2. The van der Waals surface area contributed by atoms with E-state index in [1.54, 1.807) is 18.2 Å². The fraction of sp³-hybridized carbons (Fsp3) is 0.341. The number of anilines is 2. The van der Waals surface area contributed by atoms with Gasteiger partial charge in [0, 0.05) is 23.7 Å². The molecule has 4 atom stereocenters. The van der Waals surface area contributed by atoms with Crippen LogP contribution in [0.25, 0.3) is 0 Å². The molecule has 0 bridgehead atoms. The number of hydrogen-bond acceptors (Lipinski definition) is 6. The van der Waals surface area contributed by atoms with E-state index in [0.717, 1.165) is 22.3 Å². The van der Waals surface area contributed by atoms with Gasteiger partial charge in [-0.2, -0.15) is 0 Å². The van der Waals surface area contributed by atoms with Crippen LogP contribution in [0.4, 0.5) is 11.4 Å². The normalized spacial score (nSPS) is 20.2. The number of hydrogen-bond donors (Lipinski definition) is 3. The number of carbonyl (C=O) groups is 3. The zero-order valence-electron chi connectivity index (χ0n) is 29.2.